The highest BCUT2D eigenvalue weighted by molar-refractivity contribution is 4.88. The zero-order valence-electron chi connectivity index (χ0n) is 9.25. The summed E-state index contributed by atoms with van der Waals surface area (Å²) >= 11 is 0. The normalized spacial score (nSPS) is 35.8. The smallest absolute Gasteiger partial charge is 0.0222 e. The summed E-state index contributed by atoms with van der Waals surface area (Å²) in [7, 11) is 0. The summed E-state index contributed by atoms with van der Waals surface area (Å²) < 4.78 is 0. The molecule has 1 aliphatic heterocycles. The molecule has 1 aliphatic rings. The Bertz CT molecular complexity index is 148. The third-order valence-electron chi connectivity index (χ3n) is 3.13. The quantitative estimate of drug-likeness (QED) is 0.654. The first kappa shape index (κ1) is 11.0. The molecule has 0 spiro atoms. The second-order valence-electron chi connectivity index (χ2n) is 4.40. The number of rotatable bonds is 2. The molecular formula is C10H23N3. The highest BCUT2D eigenvalue weighted by Crippen LogP contribution is 2.15. The van der Waals surface area contributed by atoms with Crippen molar-refractivity contribution in [1.29, 1.82) is 0 Å². The van der Waals surface area contributed by atoms with Gasteiger partial charge in [-0.25, -0.2) is 0 Å². The zero-order valence-corrected chi connectivity index (χ0v) is 9.25. The minimum atomic E-state index is 0.253. The van der Waals surface area contributed by atoms with Gasteiger partial charge in [0, 0.05) is 37.3 Å². The van der Waals surface area contributed by atoms with Gasteiger partial charge in [0.2, 0.25) is 0 Å². The van der Waals surface area contributed by atoms with E-state index in [-0.39, 0.29) is 6.04 Å². The summed E-state index contributed by atoms with van der Waals surface area (Å²) in [5, 5.41) is 3.43. The molecule has 0 amide bonds. The van der Waals surface area contributed by atoms with Gasteiger partial charge >= 0.3 is 0 Å². The molecule has 0 aromatic rings. The molecule has 3 heteroatoms. The topological polar surface area (TPSA) is 41.3 Å². The number of nitrogens with two attached hydrogens (primary N) is 1. The van der Waals surface area contributed by atoms with E-state index in [1.54, 1.807) is 0 Å². The molecule has 1 saturated heterocycles. The van der Waals surface area contributed by atoms with E-state index < -0.39 is 0 Å². The van der Waals surface area contributed by atoms with E-state index in [9.17, 15) is 0 Å². The standard InChI is InChI=1S/C10H23N3/c1-7-5-12-6-8(2)13(7)10(4)9(3)11/h7-10,12H,5-6,11H2,1-4H3. The van der Waals surface area contributed by atoms with E-state index in [1.165, 1.54) is 0 Å². The van der Waals surface area contributed by atoms with Crippen molar-refractivity contribution in [2.24, 2.45) is 5.73 Å². The fourth-order valence-electron chi connectivity index (χ4n) is 2.22. The summed E-state index contributed by atoms with van der Waals surface area (Å²) in [6.07, 6.45) is 0. The molecular weight excluding hydrogens is 162 g/mol. The van der Waals surface area contributed by atoms with Crippen LogP contribution < -0.4 is 11.1 Å². The van der Waals surface area contributed by atoms with Crippen LogP contribution in [0.2, 0.25) is 0 Å². The second-order valence-corrected chi connectivity index (χ2v) is 4.40. The monoisotopic (exact) mass is 185 g/mol. The maximum atomic E-state index is 5.93. The number of hydrogen-bond acceptors (Lipinski definition) is 3. The molecule has 3 nitrogen and oxygen atoms in total. The molecule has 4 atom stereocenters. The number of hydrogen-bond donors (Lipinski definition) is 2. The van der Waals surface area contributed by atoms with Crippen LogP contribution in [-0.2, 0) is 0 Å². The zero-order chi connectivity index (χ0) is 10.0. The molecule has 3 N–H and O–H groups in total. The van der Waals surface area contributed by atoms with Crippen LogP contribution in [0.5, 0.6) is 0 Å². The van der Waals surface area contributed by atoms with Crippen LogP contribution in [0.4, 0.5) is 0 Å². The van der Waals surface area contributed by atoms with E-state index >= 15 is 0 Å². The summed E-state index contributed by atoms with van der Waals surface area (Å²) in [6.45, 7) is 11.0. The van der Waals surface area contributed by atoms with Crippen molar-refractivity contribution < 1.29 is 0 Å². The fraction of sp³-hybridized carbons (Fsp3) is 1.00. The highest BCUT2D eigenvalue weighted by atomic mass is 15.3. The summed E-state index contributed by atoms with van der Waals surface area (Å²) in [5.41, 5.74) is 5.93. The molecule has 1 fully saturated rings. The molecule has 78 valence electrons. The van der Waals surface area contributed by atoms with Crippen molar-refractivity contribution in [1.82, 2.24) is 10.2 Å². The third kappa shape index (κ3) is 2.42. The summed E-state index contributed by atoms with van der Waals surface area (Å²) in [4.78, 5) is 2.53. The maximum absolute atomic E-state index is 5.93. The Hall–Kier alpha value is -0.120. The van der Waals surface area contributed by atoms with E-state index in [0.29, 0.717) is 18.1 Å². The van der Waals surface area contributed by atoms with Crippen LogP contribution >= 0.6 is 0 Å². The minimum Gasteiger partial charge on any atom is -0.327 e. The van der Waals surface area contributed by atoms with Gasteiger partial charge in [-0.3, -0.25) is 4.90 Å². The van der Waals surface area contributed by atoms with E-state index in [4.69, 9.17) is 5.73 Å². The Morgan fingerprint density at radius 3 is 2.08 bits per heavy atom. The Kier molecular flexibility index (Phi) is 3.71. The minimum absolute atomic E-state index is 0.253. The van der Waals surface area contributed by atoms with E-state index in [1.807, 2.05) is 0 Å². The van der Waals surface area contributed by atoms with Crippen molar-refractivity contribution >= 4 is 0 Å². The van der Waals surface area contributed by atoms with Crippen molar-refractivity contribution in [3.63, 3.8) is 0 Å². The molecule has 0 saturated carbocycles. The second kappa shape index (κ2) is 4.40. The van der Waals surface area contributed by atoms with Gasteiger partial charge in [0.15, 0.2) is 0 Å². The van der Waals surface area contributed by atoms with Gasteiger partial charge in [-0.2, -0.15) is 0 Å². The van der Waals surface area contributed by atoms with Crippen LogP contribution in [-0.4, -0.2) is 42.2 Å². The average molecular weight is 185 g/mol. The van der Waals surface area contributed by atoms with Gasteiger partial charge < -0.3 is 11.1 Å². The number of nitrogens with zero attached hydrogens (tertiary/aromatic N) is 1. The van der Waals surface area contributed by atoms with Crippen LogP contribution in [0.15, 0.2) is 0 Å². The van der Waals surface area contributed by atoms with Gasteiger partial charge in [-0.15, -0.1) is 0 Å². The molecule has 0 bridgehead atoms. The van der Waals surface area contributed by atoms with Gasteiger partial charge in [-0.05, 0) is 27.7 Å². The molecule has 0 aromatic heterocycles. The van der Waals surface area contributed by atoms with Crippen LogP contribution in [0, 0.1) is 0 Å². The lowest BCUT2D eigenvalue weighted by atomic mass is 10.0. The van der Waals surface area contributed by atoms with Gasteiger partial charge in [0.05, 0.1) is 0 Å². The lowest BCUT2D eigenvalue weighted by molar-refractivity contribution is 0.0649. The van der Waals surface area contributed by atoms with Crippen molar-refractivity contribution in [3.8, 4) is 0 Å². The molecule has 1 rings (SSSR count). The predicted molar refractivity (Wildman–Crippen MR) is 56.7 cm³/mol. The number of nitrogens with one attached hydrogen (secondary N) is 1. The molecule has 13 heavy (non-hydrogen) atoms. The maximum Gasteiger partial charge on any atom is 0.0222 e. The van der Waals surface area contributed by atoms with Crippen LogP contribution in [0.3, 0.4) is 0 Å². The van der Waals surface area contributed by atoms with Gasteiger partial charge in [0.1, 0.15) is 0 Å². The van der Waals surface area contributed by atoms with Crippen molar-refractivity contribution in [2.75, 3.05) is 13.1 Å². The van der Waals surface area contributed by atoms with Crippen LogP contribution in [0.1, 0.15) is 27.7 Å². The lowest BCUT2D eigenvalue weighted by Crippen LogP contribution is -2.61. The average Bonchev–Trinajstić information content (AvgIpc) is 2.03. The Balaban J connectivity index is 2.62. The van der Waals surface area contributed by atoms with Crippen LogP contribution in [0.25, 0.3) is 0 Å². The lowest BCUT2D eigenvalue weighted by Gasteiger charge is -2.44. The SMILES string of the molecule is CC(N)C(C)N1C(C)CNCC1C. The first-order chi connectivity index (χ1) is 6.04. The summed E-state index contributed by atoms with van der Waals surface area (Å²) in [5.74, 6) is 0. The van der Waals surface area contributed by atoms with Gasteiger partial charge in [-0.1, -0.05) is 0 Å². The van der Waals surface area contributed by atoms with Crippen molar-refractivity contribution in [2.45, 2.75) is 51.9 Å². The Morgan fingerprint density at radius 2 is 1.69 bits per heavy atom. The number of piperazine rings is 1. The van der Waals surface area contributed by atoms with E-state index in [2.05, 4.69) is 37.9 Å². The van der Waals surface area contributed by atoms with Crippen molar-refractivity contribution in [3.05, 3.63) is 0 Å². The largest absolute Gasteiger partial charge is 0.327 e. The molecule has 4 unspecified atom stereocenters. The third-order valence-corrected chi connectivity index (χ3v) is 3.13. The molecule has 0 aliphatic carbocycles. The first-order valence-corrected chi connectivity index (χ1v) is 5.27. The first-order valence-electron chi connectivity index (χ1n) is 5.27. The Morgan fingerprint density at radius 1 is 1.23 bits per heavy atom. The van der Waals surface area contributed by atoms with E-state index in [0.717, 1.165) is 13.1 Å². The summed E-state index contributed by atoms with van der Waals surface area (Å²) in [6, 6.07) is 1.93. The predicted octanol–water partition coefficient (Wildman–Crippen LogP) is 0.404. The molecule has 0 aromatic carbocycles. The van der Waals surface area contributed by atoms with Gasteiger partial charge in [0.25, 0.3) is 0 Å². The molecule has 1 heterocycles. The molecule has 0 radical (unpaired) electrons. The highest BCUT2D eigenvalue weighted by Gasteiger charge is 2.29. The fourth-order valence-corrected chi connectivity index (χ4v) is 2.22. The Labute approximate surface area is 81.7 Å².